The van der Waals surface area contributed by atoms with Crippen LogP contribution in [0.4, 0.5) is 4.39 Å². The van der Waals surface area contributed by atoms with Crippen LogP contribution in [0, 0.1) is 18.8 Å². The van der Waals surface area contributed by atoms with E-state index in [1.807, 2.05) is 0 Å². The lowest BCUT2D eigenvalue weighted by Gasteiger charge is -2.31. The molecule has 2 aromatic rings. The zero-order valence-electron chi connectivity index (χ0n) is 15.3. The molecule has 0 amide bonds. The molecule has 0 spiro atoms. The largest absolute Gasteiger partial charge is 0.375 e. The van der Waals surface area contributed by atoms with Gasteiger partial charge in [0.2, 0.25) is 0 Å². The highest BCUT2D eigenvalue weighted by Gasteiger charge is 2.56. The van der Waals surface area contributed by atoms with E-state index in [4.69, 9.17) is 14.8 Å². The summed E-state index contributed by atoms with van der Waals surface area (Å²) in [5.74, 6) is 2.32. The molecule has 5 aliphatic rings. The Kier molecular flexibility index (Phi) is 3.29. The van der Waals surface area contributed by atoms with Crippen LogP contribution in [0.15, 0.2) is 12.1 Å². The van der Waals surface area contributed by atoms with Crippen molar-refractivity contribution in [1.82, 2.24) is 14.6 Å². The minimum Gasteiger partial charge on any atom is -0.375 e. The summed E-state index contributed by atoms with van der Waals surface area (Å²) in [6.45, 7) is 2.09. The molecule has 138 valence electrons. The number of alkyl halides is 1. The minimum absolute atomic E-state index is 0.385. The van der Waals surface area contributed by atoms with Gasteiger partial charge in [-0.05, 0) is 69.8 Å². The third kappa shape index (κ3) is 2.22. The number of aromatic nitrogens is 3. The fourth-order valence-electron chi connectivity index (χ4n) is 6.39. The lowest BCUT2D eigenvalue weighted by Crippen LogP contribution is -2.27. The van der Waals surface area contributed by atoms with Crippen molar-refractivity contribution >= 4 is 5.65 Å². The first-order valence-electron chi connectivity index (χ1n) is 10.3. The summed E-state index contributed by atoms with van der Waals surface area (Å²) in [6.07, 6.45) is 7.13. The first-order chi connectivity index (χ1) is 12.7. The fourth-order valence-corrected chi connectivity index (χ4v) is 6.39. The van der Waals surface area contributed by atoms with Crippen molar-refractivity contribution < 1.29 is 9.13 Å². The lowest BCUT2D eigenvalue weighted by atomic mass is 9.76. The van der Waals surface area contributed by atoms with Gasteiger partial charge in [-0.3, -0.25) is 0 Å². The van der Waals surface area contributed by atoms with Gasteiger partial charge in [-0.25, -0.2) is 13.9 Å². The number of hydrogen-bond acceptors (Lipinski definition) is 3. The first-order valence-corrected chi connectivity index (χ1v) is 10.3. The summed E-state index contributed by atoms with van der Waals surface area (Å²) in [5.41, 5.74) is 4.49. The highest BCUT2D eigenvalue weighted by atomic mass is 19.1. The summed E-state index contributed by atoms with van der Waals surface area (Å²) in [5, 5.41) is 5.00. The molecule has 2 aromatic heterocycles. The zero-order chi connectivity index (χ0) is 17.4. The van der Waals surface area contributed by atoms with Crippen LogP contribution < -0.4 is 0 Å². The summed E-state index contributed by atoms with van der Waals surface area (Å²) in [4.78, 5) is 4.76. The number of aryl methyl sites for hydroxylation is 1. The third-order valence-corrected chi connectivity index (χ3v) is 7.47. The normalized spacial score (nSPS) is 41.4. The Bertz CT molecular complexity index is 852. The summed E-state index contributed by atoms with van der Waals surface area (Å²) in [7, 11) is 0. The van der Waals surface area contributed by atoms with Crippen molar-refractivity contribution in [1.29, 1.82) is 0 Å². The Hall–Kier alpha value is -1.49. The van der Waals surface area contributed by atoms with Gasteiger partial charge in [-0.1, -0.05) is 0 Å². The van der Waals surface area contributed by atoms with Crippen LogP contribution in [-0.4, -0.2) is 33.0 Å². The second-order valence-corrected chi connectivity index (χ2v) is 9.06. The Morgan fingerprint density at radius 1 is 1.12 bits per heavy atom. The van der Waals surface area contributed by atoms with E-state index in [0.29, 0.717) is 42.8 Å². The number of fused-ring (bicyclic) bond motifs is 1. The minimum atomic E-state index is -0.622. The van der Waals surface area contributed by atoms with E-state index in [1.54, 1.807) is 0 Å². The van der Waals surface area contributed by atoms with E-state index < -0.39 is 6.17 Å². The van der Waals surface area contributed by atoms with Gasteiger partial charge in [0.25, 0.3) is 0 Å². The predicted molar refractivity (Wildman–Crippen MR) is 96.1 cm³/mol. The highest BCUT2D eigenvalue weighted by Crippen LogP contribution is 2.58. The van der Waals surface area contributed by atoms with Crippen molar-refractivity contribution in [3.8, 4) is 0 Å². The van der Waals surface area contributed by atoms with Crippen molar-refractivity contribution in [2.45, 2.75) is 82.1 Å². The molecule has 7 rings (SSSR count). The third-order valence-electron chi connectivity index (χ3n) is 7.47. The van der Waals surface area contributed by atoms with E-state index in [-0.39, 0.29) is 0 Å². The maximum Gasteiger partial charge on any atom is 0.155 e. The van der Waals surface area contributed by atoms with E-state index in [0.717, 1.165) is 35.8 Å². The van der Waals surface area contributed by atoms with Crippen molar-refractivity contribution in [3.05, 3.63) is 29.2 Å². The van der Waals surface area contributed by atoms with Crippen LogP contribution in [0.1, 0.15) is 73.9 Å². The molecule has 2 saturated heterocycles. The quantitative estimate of drug-likeness (QED) is 0.806. The molecule has 5 atom stereocenters. The van der Waals surface area contributed by atoms with E-state index in [9.17, 15) is 4.39 Å². The van der Waals surface area contributed by atoms with Gasteiger partial charge >= 0.3 is 0 Å². The SMILES string of the molecule is Cc1cc([C@H]2C3CC4CC2C(C3)O4)n2nc(C3CCC(F)CC3)cc2n1. The van der Waals surface area contributed by atoms with Gasteiger partial charge in [0, 0.05) is 29.3 Å². The molecule has 26 heavy (non-hydrogen) atoms. The van der Waals surface area contributed by atoms with Gasteiger partial charge < -0.3 is 4.74 Å². The van der Waals surface area contributed by atoms with Gasteiger partial charge in [-0.15, -0.1) is 0 Å². The van der Waals surface area contributed by atoms with Gasteiger partial charge in [0.1, 0.15) is 6.17 Å². The first kappa shape index (κ1) is 15.6. The molecule has 4 nitrogen and oxygen atoms in total. The monoisotopic (exact) mass is 355 g/mol. The van der Waals surface area contributed by atoms with Crippen molar-refractivity contribution in [2.24, 2.45) is 11.8 Å². The van der Waals surface area contributed by atoms with Crippen LogP contribution in [0.3, 0.4) is 0 Å². The average molecular weight is 355 g/mol. The van der Waals surface area contributed by atoms with Crippen LogP contribution in [0.5, 0.6) is 0 Å². The summed E-state index contributed by atoms with van der Waals surface area (Å²) >= 11 is 0. The topological polar surface area (TPSA) is 39.4 Å². The molecule has 5 fully saturated rings. The Labute approximate surface area is 153 Å². The van der Waals surface area contributed by atoms with Crippen LogP contribution in [0.2, 0.25) is 0 Å². The van der Waals surface area contributed by atoms with Crippen LogP contribution in [-0.2, 0) is 4.74 Å². The van der Waals surface area contributed by atoms with Crippen LogP contribution in [0.25, 0.3) is 5.65 Å². The molecular weight excluding hydrogens is 329 g/mol. The summed E-state index contributed by atoms with van der Waals surface area (Å²) in [6, 6.07) is 4.40. The molecule has 4 heterocycles. The second kappa shape index (κ2) is 5.51. The standard InChI is InChI=1S/C21H26FN3O/c1-11-6-18(21-13-7-15-9-16(21)19(8-13)26-15)25-20(23-11)10-17(24-25)12-2-4-14(22)5-3-12/h6,10,12-16,19,21H,2-5,7-9H2,1H3/t12?,13?,14?,15?,16?,19?,21-/m0/s1. The molecule has 0 radical (unpaired) electrons. The molecule has 2 aliphatic heterocycles. The predicted octanol–water partition coefficient (Wildman–Crippen LogP) is 4.31. The maximum absolute atomic E-state index is 13.5. The number of rotatable bonds is 2. The number of hydrogen-bond donors (Lipinski definition) is 0. The Morgan fingerprint density at radius 3 is 2.77 bits per heavy atom. The van der Waals surface area contributed by atoms with Gasteiger partial charge in [-0.2, -0.15) is 5.10 Å². The smallest absolute Gasteiger partial charge is 0.155 e. The van der Waals surface area contributed by atoms with Crippen molar-refractivity contribution in [3.63, 3.8) is 0 Å². The van der Waals surface area contributed by atoms with Gasteiger partial charge in [0.15, 0.2) is 5.65 Å². The second-order valence-electron chi connectivity index (χ2n) is 9.06. The molecule has 5 heteroatoms. The Balaban J connectivity index is 1.41. The average Bonchev–Trinajstić information content (AvgIpc) is 3.23. The summed E-state index contributed by atoms with van der Waals surface area (Å²) < 4.78 is 21.8. The maximum atomic E-state index is 13.5. The van der Waals surface area contributed by atoms with E-state index >= 15 is 0 Å². The van der Waals surface area contributed by atoms with E-state index in [2.05, 4.69) is 23.6 Å². The molecule has 0 N–H and O–H groups in total. The Morgan fingerprint density at radius 2 is 1.96 bits per heavy atom. The number of halogens is 1. The molecule has 3 saturated carbocycles. The number of nitrogens with zero attached hydrogens (tertiary/aromatic N) is 3. The molecule has 4 bridgehead atoms. The van der Waals surface area contributed by atoms with Crippen molar-refractivity contribution in [2.75, 3.05) is 0 Å². The number of ether oxygens (including phenoxy) is 1. The van der Waals surface area contributed by atoms with Crippen LogP contribution >= 0.6 is 0 Å². The molecular formula is C21H26FN3O. The van der Waals surface area contributed by atoms with Gasteiger partial charge in [0.05, 0.1) is 17.9 Å². The molecule has 4 unspecified atom stereocenters. The molecule has 3 aliphatic carbocycles. The zero-order valence-corrected chi connectivity index (χ0v) is 15.3. The highest BCUT2D eigenvalue weighted by molar-refractivity contribution is 5.44. The van der Waals surface area contributed by atoms with E-state index in [1.165, 1.54) is 25.0 Å². The fraction of sp³-hybridized carbons (Fsp3) is 0.714. The molecule has 0 aromatic carbocycles. The lowest BCUT2D eigenvalue weighted by molar-refractivity contribution is -0.00309.